The third-order valence-corrected chi connectivity index (χ3v) is 2.70. The number of rotatable bonds is 5. The molecule has 0 saturated heterocycles. The van der Waals surface area contributed by atoms with E-state index in [4.69, 9.17) is 9.94 Å². The molecule has 0 aromatic heterocycles. The van der Waals surface area contributed by atoms with Crippen LogP contribution in [0.5, 0.6) is 0 Å². The molecule has 1 aliphatic carbocycles. The summed E-state index contributed by atoms with van der Waals surface area (Å²) in [6, 6.07) is 9.40. The summed E-state index contributed by atoms with van der Waals surface area (Å²) in [5.74, 6) is -2.26. The molecule has 1 aromatic carbocycles. The first-order valence-corrected chi connectivity index (χ1v) is 5.37. The first-order chi connectivity index (χ1) is 8.18. The molecule has 17 heavy (non-hydrogen) atoms. The van der Waals surface area contributed by atoms with Gasteiger partial charge in [-0.25, -0.2) is 5.48 Å². The third-order valence-electron chi connectivity index (χ3n) is 2.70. The lowest BCUT2D eigenvalue weighted by Crippen LogP contribution is -2.26. The minimum Gasteiger partial charge on any atom is -0.481 e. The Labute approximate surface area is 98.3 Å². The fourth-order valence-corrected chi connectivity index (χ4v) is 1.60. The number of carbonyl (C=O) groups excluding carboxylic acids is 1. The minimum atomic E-state index is -0.923. The maximum absolute atomic E-state index is 11.4. The Morgan fingerprint density at radius 2 is 2.00 bits per heavy atom. The molecular weight excluding hydrogens is 222 g/mol. The van der Waals surface area contributed by atoms with Crippen LogP contribution in [0.4, 0.5) is 0 Å². The van der Waals surface area contributed by atoms with Gasteiger partial charge in [0.2, 0.25) is 5.91 Å². The average molecular weight is 235 g/mol. The lowest BCUT2D eigenvalue weighted by Gasteiger charge is -2.05. The van der Waals surface area contributed by atoms with E-state index < -0.39 is 17.8 Å². The van der Waals surface area contributed by atoms with Crippen LogP contribution in [-0.4, -0.2) is 17.0 Å². The normalized spacial score (nSPS) is 21.9. The van der Waals surface area contributed by atoms with Crippen LogP contribution in [0, 0.1) is 11.8 Å². The van der Waals surface area contributed by atoms with Crippen molar-refractivity contribution >= 4 is 11.9 Å². The molecule has 1 amide bonds. The molecule has 1 aliphatic rings. The molecule has 0 bridgehead atoms. The Kier molecular flexibility index (Phi) is 3.39. The van der Waals surface area contributed by atoms with Crippen molar-refractivity contribution in [2.24, 2.45) is 11.8 Å². The zero-order chi connectivity index (χ0) is 12.3. The largest absolute Gasteiger partial charge is 0.481 e. The maximum Gasteiger partial charge on any atom is 0.307 e. The second-order valence-corrected chi connectivity index (χ2v) is 4.03. The van der Waals surface area contributed by atoms with Gasteiger partial charge < -0.3 is 5.11 Å². The van der Waals surface area contributed by atoms with Crippen molar-refractivity contribution in [1.29, 1.82) is 0 Å². The smallest absolute Gasteiger partial charge is 0.307 e. The number of nitrogens with one attached hydrogen (secondary N) is 1. The Bertz CT molecular complexity index is 418. The monoisotopic (exact) mass is 235 g/mol. The number of hydrogen-bond donors (Lipinski definition) is 2. The number of hydrogen-bond acceptors (Lipinski definition) is 3. The predicted molar refractivity (Wildman–Crippen MR) is 58.6 cm³/mol. The lowest BCUT2D eigenvalue weighted by atomic mass is 10.2. The number of amides is 1. The molecule has 0 aliphatic heterocycles. The van der Waals surface area contributed by atoms with Gasteiger partial charge in [0.25, 0.3) is 0 Å². The van der Waals surface area contributed by atoms with Gasteiger partial charge in [-0.15, -0.1) is 0 Å². The Morgan fingerprint density at radius 1 is 1.29 bits per heavy atom. The summed E-state index contributed by atoms with van der Waals surface area (Å²) in [7, 11) is 0. The molecule has 0 heterocycles. The van der Waals surface area contributed by atoms with Crippen LogP contribution >= 0.6 is 0 Å². The Morgan fingerprint density at radius 3 is 2.59 bits per heavy atom. The number of benzene rings is 1. The van der Waals surface area contributed by atoms with Gasteiger partial charge in [0.05, 0.1) is 18.4 Å². The van der Waals surface area contributed by atoms with Gasteiger partial charge >= 0.3 is 5.97 Å². The number of aliphatic carboxylic acids is 1. The van der Waals surface area contributed by atoms with E-state index >= 15 is 0 Å². The molecule has 0 spiro atoms. The Balaban J connectivity index is 1.70. The summed E-state index contributed by atoms with van der Waals surface area (Å²) in [4.78, 5) is 27.0. The van der Waals surface area contributed by atoms with Crippen molar-refractivity contribution in [3.05, 3.63) is 35.9 Å². The minimum absolute atomic E-state index is 0.275. The van der Waals surface area contributed by atoms with Crippen LogP contribution in [0.3, 0.4) is 0 Å². The molecule has 5 heteroatoms. The summed E-state index contributed by atoms with van der Waals surface area (Å²) in [5, 5.41) is 8.66. The molecule has 1 saturated carbocycles. The molecular formula is C12H13NO4. The highest BCUT2D eigenvalue weighted by molar-refractivity contribution is 5.88. The second-order valence-electron chi connectivity index (χ2n) is 4.03. The highest BCUT2D eigenvalue weighted by Crippen LogP contribution is 2.38. The average Bonchev–Trinajstić information content (AvgIpc) is 3.10. The van der Waals surface area contributed by atoms with E-state index in [1.165, 1.54) is 0 Å². The molecule has 90 valence electrons. The first-order valence-electron chi connectivity index (χ1n) is 5.37. The van der Waals surface area contributed by atoms with Gasteiger partial charge in [-0.05, 0) is 12.0 Å². The zero-order valence-corrected chi connectivity index (χ0v) is 9.13. The highest BCUT2D eigenvalue weighted by atomic mass is 16.6. The molecule has 5 nitrogen and oxygen atoms in total. The molecule has 0 radical (unpaired) electrons. The predicted octanol–water partition coefficient (Wildman–Crippen LogP) is 0.955. The second kappa shape index (κ2) is 4.97. The molecule has 2 atom stereocenters. The number of carboxylic acid groups (broad SMARTS) is 1. The van der Waals surface area contributed by atoms with Gasteiger partial charge in [0, 0.05) is 0 Å². The van der Waals surface area contributed by atoms with Crippen LogP contribution < -0.4 is 5.48 Å². The summed E-state index contributed by atoms with van der Waals surface area (Å²) in [6.45, 7) is 0.275. The summed E-state index contributed by atoms with van der Waals surface area (Å²) >= 11 is 0. The number of carbonyl (C=O) groups is 2. The summed E-state index contributed by atoms with van der Waals surface area (Å²) in [6.07, 6.45) is 0.399. The van der Waals surface area contributed by atoms with E-state index in [0.717, 1.165) is 5.56 Å². The molecule has 1 aromatic rings. The van der Waals surface area contributed by atoms with E-state index in [-0.39, 0.29) is 12.5 Å². The fourth-order valence-electron chi connectivity index (χ4n) is 1.60. The van der Waals surface area contributed by atoms with Crippen LogP contribution in [0.2, 0.25) is 0 Å². The molecule has 2 N–H and O–H groups in total. The van der Waals surface area contributed by atoms with E-state index in [1.54, 1.807) is 0 Å². The standard InChI is InChI=1S/C12H13NO4/c14-11(9-6-10(9)12(15)16)13-17-7-8-4-2-1-3-5-8/h1-5,9-10H,6-7H2,(H,13,14)(H,15,16). The van der Waals surface area contributed by atoms with E-state index in [1.807, 2.05) is 30.3 Å². The number of carboxylic acids is 1. The molecule has 2 unspecified atom stereocenters. The van der Waals surface area contributed by atoms with Crippen molar-refractivity contribution in [3.63, 3.8) is 0 Å². The van der Waals surface area contributed by atoms with Crippen LogP contribution in [0.25, 0.3) is 0 Å². The van der Waals surface area contributed by atoms with Gasteiger partial charge in [0.15, 0.2) is 0 Å². The van der Waals surface area contributed by atoms with E-state index in [9.17, 15) is 9.59 Å². The summed E-state index contributed by atoms with van der Waals surface area (Å²) < 4.78 is 0. The summed E-state index contributed by atoms with van der Waals surface area (Å²) in [5.41, 5.74) is 3.22. The lowest BCUT2D eigenvalue weighted by molar-refractivity contribution is -0.143. The quantitative estimate of drug-likeness (QED) is 0.745. The van der Waals surface area contributed by atoms with Crippen molar-refractivity contribution in [3.8, 4) is 0 Å². The molecule has 2 rings (SSSR count). The first kappa shape index (κ1) is 11.6. The maximum atomic E-state index is 11.4. The highest BCUT2D eigenvalue weighted by Gasteiger charge is 2.48. The van der Waals surface area contributed by atoms with Crippen molar-refractivity contribution in [2.45, 2.75) is 13.0 Å². The van der Waals surface area contributed by atoms with Crippen LogP contribution in [-0.2, 0) is 21.0 Å². The zero-order valence-electron chi connectivity index (χ0n) is 9.13. The van der Waals surface area contributed by atoms with E-state index in [0.29, 0.717) is 6.42 Å². The Hall–Kier alpha value is -1.88. The number of hydroxylamine groups is 1. The SMILES string of the molecule is O=C(O)C1CC1C(=O)NOCc1ccccc1. The van der Waals surface area contributed by atoms with Gasteiger partial charge in [-0.3, -0.25) is 14.4 Å². The third kappa shape index (κ3) is 3.04. The van der Waals surface area contributed by atoms with Crippen LogP contribution in [0.1, 0.15) is 12.0 Å². The van der Waals surface area contributed by atoms with Crippen LogP contribution in [0.15, 0.2) is 30.3 Å². The fraction of sp³-hybridized carbons (Fsp3) is 0.333. The van der Waals surface area contributed by atoms with E-state index in [2.05, 4.69) is 5.48 Å². The van der Waals surface area contributed by atoms with Crippen molar-refractivity contribution in [1.82, 2.24) is 5.48 Å². The van der Waals surface area contributed by atoms with Gasteiger partial charge in [0.1, 0.15) is 0 Å². The topological polar surface area (TPSA) is 75.6 Å². The van der Waals surface area contributed by atoms with Gasteiger partial charge in [-0.2, -0.15) is 0 Å². The van der Waals surface area contributed by atoms with Gasteiger partial charge in [-0.1, -0.05) is 30.3 Å². The molecule has 1 fully saturated rings. The van der Waals surface area contributed by atoms with Crippen molar-refractivity contribution < 1.29 is 19.5 Å². The van der Waals surface area contributed by atoms with Crippen molar-refractivity contribution in [2.75, 3.05) is 0 Å².